The number of carboxylic acid groups (broad SMARTS) is 1. The molecule has 2 aromatic rings. The predicted octanol–water partition coefficient (Wildman–Crippen LogP) is 1.10. The fourth-order valence-corrected chi connectivity index (χ4v) is 2.42. The molecule has 122 valence electrons. The molecule has 8 heteroatoms. The summed E-state index contributed by atoms with van der Waals surface area (Å²) in [6.07, 6.45) is 1.75. The number of aliphatic carboxylic acids is 1. The van der Waals surface area contributed by atoms with Crippen molar-refractivity contribution in [2.24, 2.45) is 0 Å². The van der Waals surface area contributed by atoms with Gasteiger partial charge in [-0.1, -0.05) is 0 Å². The second kappa shape index (κ2) is 7.68. The first kappa shape index (κ1) is 16.9. The number of rotatable bonds is 7. The van der Waals surface area contributed by atoms with E-state index in [1.54, 1.807) is 24.5 Å². The summed E-state index contributed by atoms with van der Waals surface area (Å²) in [6.45, 7) is -0.333. The third-order valence-electron chi connectivity index (χ3n) is 2.93. The average Bonchev–Trinajstić information content (AvgIpc) is 2.52. The van der Waals surface area contributed by atoms with Crippen LogP contribution < -0.4 is 15.7 Å². The van der Waals surface area contributed by atoms with Crippen molar-refractivity contribution in [3.05, 3.63) is 40.8 Å². The van der Waals surface area contributed by atoms with Crippen LogP contribution in [0.2, 0.25) is 0 Å². The van der Waals surface area contributed by atoms with Gasteiger partial charge in [-0.05, 0) is 24.5 Å². The van der Waals surface area contributed by atoms with E-state index in [2.05, 4.69) is 5.32 Å². The first-order chi connectivity index (χ1) is 11.0. The van der Waals surface area contributed by atoms with E-state index in [1.807, 2.05) is 0 Å². The second-order valence-electron chi connectivity index (χ2n) is 4.66. The van der Waals surface area contributed by atoms with E-state index in [9.17, 15) is 14.4 Å². The van der Waals surface area contributed by atoms with Crippen molar-refractivity contribution >= 4 is 34.6 Å². The molecule has 7 nitrogen and oxygen atoms in total. The molecule has 0 fully saturated rings. The van der Waals surface area contributed by atoms with Gasteiger partial charge in [0.15, 0.2) is 6.61 Å². The summed E-state index contributed by atoms with van der Waals surface area (Å²) >= 11 is 1.32. The minimum atomic E-state index is -1.10. The average molecular weight is 337 g/mol. The molecule has 0 aliphatic heterocycles. The quantitative estimate of drug-likeness (QED) is 0.729. The summed E-state index contributed by atoms with van der Waals surface area (Å²) in [5, 5.41) is 12.1. The van der Waals surface area contributed by atoms with Crippen LogP contribution >= 0.6 is 11.8 Å². The summed E-state index contributed by atoms with van der Waals surface area (Å²) in [4.78, 5) is 33.9. The molecule has 0 radical (unpaired) electrons. The smallest absolute Gasteiger partial charge is 0.336 e. The molecule has 23 heavy (non-hydrogen) atoms. The lowest BCUT2D eigenvalue weighted by atomic mass is 10.2. The van der Waals surface area contributed by atoms with Gasteiger partial charge in [-0.3, -0.25) is 4.79 Å². The van der Waals surface area contributed by atoms with Crippen molar-refractivity contribution in [2.45, 2.75) is 6.04 Å². The van der Waals surface area contributed by atoms with E-state index in [1.165, 1.54) is 23.9 Å². The number of carboxylic acids is 1. The van der Waals surface area contributed by atoms with E-state index in [0.29, 0.717) is 11.3 Å². The summed E-state index contributed by atoms with van der Waals surface area (Å²) in [5.41, 5.74) is -0.130. The fraction of sp³-hybridized carbons (Fsp3) is 0.267. The number of thioether (sulfide) groups is 1. The van der Waals surface area contributed by atoms with E-state index >= 15 is 0 Å². The van der Waals surface area contributed by atoms with E-state index < -0.39 is 23.5 Å². The Morgan fingerprint density at radius 3 is 2.78 bits per heavy atom. The Labute approximate surface area is 135 Å². The highest BCUT2D eigenvalue weighted by atomic mass is 32.2. The Hall–Kier alpha value is -2.48. The van der Waals surface area contributed by atoms with E-state index in [4.69, 9.17) is 14.3 Å². The zero-order valence-corrected chi connectivity index (χ0v) is 13.1. The molecular weight excluding hydrogens is 322 g/mol. The highest BCUT2D eigenvalue weighted by Crippen LogP contribution is 2.19. The largest absolute Gasteiger partial charge is 0.484 e. The van der Waals surface area contributed by atoms with Gasteiger partial charge in [0, 0.05) is 23.3 Å². The molecule has 0 saturated heterocycles. The normalized spacial score (nSPS) is 11.9. The molecule has 1 heterocycles. The maximum Gasteiger partial charge on any atom is 0.336 e. The maximum absolute atomic E-state index is 11.7. The van der Waals surface area contributed by atoms with Gasteiger partial charge < -0.3 is 19.6 Å². The van der Waals surface area contributed by atoms with Gasteiger partial charge in [0.2, 0.25) is 0 Å². The van der Waals surface area contributed by atoms with Crippen LogP contribution in [-0.4, -0.2) is 41.6 Å². The van der Waals surface area contributed by atoms with Crippen molar-refractivity contribution in [1.82, 2.24) is 5.32 Å². The summed E-state index contributed by atoms with van der Waals surface area (Å²) < 4.78 is 10.3. The summed E-state index contributed by atoms with van der Waals surface area (Å²) in [7, 11) is 0. The molecule has 0 saturated carbocycles. The Bertz CT molecular complexity index is 772. The standard InChI is InChI=1S/C15H15NO6S/c1-23-8-11(15(19)20)16-13(17)7-21-10-4-2-9-3-5-14(18)22-12(9)6-10/h2-6,11H,7-8H2,1H3,(H,16,17)(H,19,20)/t11-/m0/s1. The van der Waals surface area contributed by atoms with Crippen molar-refractivity contribution in [3.8, 4) is 5.75 Å². The minimum absolute atomic E-state index is 0.266. The highest BCUT2D eigenvalue weighted by Gasteiger charge is 2.19. The van der Waals surface area contributed by atoms with Crippen LogP contribution in [0.3, 0.4) is 0 Å². The number of hydrogen-bond acceptors (Lipinski definition) is 6. The van der Waals surface area contributed by atoms with Crippen LogP contribution in [0, 0.1) is 0 Å². The number of amides is 1. The Kier molecular flexibility index (Phi) is 5.64. The molecule has 0 aliphatic carbocycles. The summed E-state index contributed by atoms with van der Waals surface area (Å²) in [6, 6.07) is 6.80. The van der Waals surface area contributed by atoms with Gasteiger partial charge >= 0.3 is 11.6 Å². The molecule has 1 atom stereocenters. The van der Waals surface area contributed by atoms with Crippen LogP contribution in [0.15, 0.2) is 39.5 Å². The van der Waals surface area contributed by atoms with Crippen molar-refractivity contribution in [2.75, 3.05) is 18.6 Å². The molecule has 0 aliphatic rings. The Balaban J connectivity index is 1.98. The van der Waals surface area contributed by atoms with Gasteiger partial charge in [-0.25, -0.2) is 9.59 Å². The molecule has 2 rings (SSSR count). The highest BCUT2D eigenvalue weighted by molar-refractivity contribution is 7.98. The molecule has 1 aromatic carbocycles. The van der Waals surface area contributed by atoms with E-state index in [-0.39, 0.29) is 12.4 Å². The number of carbonyl (C=O) groups excluding carboxylic acids is 1. The first-order valence-corrected chi connectivity index (χ1v) is 8.07. The number of hydrogen-bond donors (Lipinski definition) is 2. The number of nitrogens with one attached hydrogen (secondary N) is 1. The van der Waals surface area contributed by atoms with Gasteiger partial charge in [-0.15, -0.1) is 0 Å². The van der Waals surface area contributed by atoms with Crippen molar-refractivity contribution < 1.29 is 23.8 Å². The van der Waals surface area contributed by atoms with Crippen LogP contribution in [-0.2, 0) is 9.59 Å². The SMILES string of the molecule is CSC[C@H](NC(=O)COc1ccc2ccc(=O)oc2c1)C(=O)O. The topological polar surface area (TPSA) is 106 Å². The fourth-order valence-electron chi connectivity index (χ4n) is 1.86. The second-order valence-corrected chi connectivity index (χ2v) is 5.57. The van der Waals surface area contributed by atoms with Gasteiger partial charge in [0.1, 0.15) is 17.4 Å². The third-order valence-corrected chi connectivity index (χ3v) is 3.60. The van der Waals surface area contributed by atoms with Crippen molar-refractivity contribution in [1.29, 1.82) is 0 Å². The lowest BCUT2D eigenvalue weighted by Gasteiger charge is -2.13. The number of carbonyl (C=O) groups is 2. The third kappa shape index (κ3) is 4.75. The van der Waals surface area contributed by atoms with Gasteiger partial charge in [0.05, 0.1) is 0 Å². The lowest BCUT2D eigenvalue weighted by Crippen LogP contribution is -2.44. The van der Waals surface area contributed by atoms with Gasteiger partial charge in [-0.2, -0.15) is 11.8 Å². The Morgan fingerprint density at radius 1 is 1.35 bits per heavy atom. The number of ether oxygens (including phenoxy) is 1. The predicted molar refractivity (Wildman–Crippen MR) is 85.9 cm³/mol. The molecule has 1 amide bonds. The molecule has 1 aromatic heterocycles. The Morgan fingerprint density at radius 2 is 2.09 bits per heavy atom. The number of fused-ring (bicyclic) bond motifs is 1. The van der Waals surface area contributed by atoms with Crippen molar-refractivity contribution in [3.63, 3.8) is 0 Å². The molecule has 0 bridgehead atoms. The monoisotopic (exact) mass is 337 g/mol. The zero-order chi connectivity index (χ0) is 16.8. The van der Waals surface area contributed by atoms with Crippen LogP contribution in [0.1, 0.15) is 0 Å². The minimum Gasteiger partial charge on any atom is -0.484 e. The van der Waals surface area contributed by atoms with Crippen LogP contribution in [0.25, 0.3) is 11.0 Å². The first-order valence-electron chi connectivity index (χ1n) is 6.67. The zero-order valence-electron chi connectivity index (χ0n) is 12.3. The molecular formula is C15H15NO6S. The van der Waals surface area contributed by atoms with Crippen LogP contribution in [0.4, 0.5) is 0 Å². The molecule has 0 unspecified atom stereocenters. The summed E-state index contributed by atoms with van der Waals surface area (Å²) in [5.74, 6) is -1.03. The number of benzene rings is 1. The van der Waals surface area contributed by atoms with E-state index in [0.717, 1.165) is 5.39 Å². The van der Waals surface area contributed by atoms with Gasteiger partial charge in [0.25, 0.3) is 5.91 Å². The molecule has 0 spiro atoms. The van der Waals surface area contributed by atoms with Crippen LogP contribution in [0.5, 0.6) is 5.75 Å². The maximum atomic E-state index is 11.7. The lowest BCUT2D eigenvalue weighted by molar-refractivity contribution is -0.141. The molecule has 2 N–H and O–H groups in total.